The zero-order valence-corrected chi connectivity index (χ0v) is 13.6. The molecule has 0 aliphatic carbocycles. The van der Waals surface area contributed by atoms with E-state index in [-0.39, 0.29) is 0 Å². The maximum atomic E-state index is 10.5. The normalized spacial score (nSPS) is 20.0. The minimum Gasteiger partial charge on any atom is -0.388 e. The Bertz CT molecular complexity index is 611. The van der Waals surface area contributed by atoms with Gasteiger partial charge in [-0.3, -0.25) is 4.98 Å². The summed E-state index contributed by atoms with van der Waals surface area (Å²) in [6.07, 6.45) is 6.83. The number of pyridine rings is 1. The number of halogens is 1. The third-order valence-corrected chi connectivity index (χ3v) is 4.83. The number of rotatable bonds is 5. The van der Waals surface area contributed by atoms with Gasteiger partial charge in [-0.2, -0.15) is 0 Å². The molecule has 1 fully saturated rings. The number of aliphatic hydroxyl groups is 1. The molecule has 1 aliphatic rings. The van der Waals surface area contributed by atoms with Crippen LogP contribution in [-0.2, 0) is 4.74 Å². The Hall–Kier alpha value is -0.970. The van der Waals surface area contributed by atoms with Crippen molar-refractivity contribution in [3.63, 3.8) is 0 Å². The molecule has 3 nitrogen and oxygen atoms in total. The number of ether oxygens (including phenoxy) is 1. The predicted molar refractivity (Wildman–Crippen MR) is 87.2 cm³/mol. The maximum Gasteiger partial charge on any atom is 0.0811 e. The highest BCUT2D eigenvalue weighted by molar-refractivity contribution is 9.10. The van der Waals surface area contributed by atoms with Crippen LogP contribution < -0.4 is 0 Å². The monoisotopic (exact) mass is 349 g/mol. The standard InChI is InChI=1S/C17H20BrNO2/c18-15-9-8-14(17-13(15)6-2-10-19-17)16(20)7-1-4-12-5-3-11-21-12/h2,6,8-10,12,16,20H,1,3-5,7,11H2. The van der Waals surface area contributed by atoms with E-state index < -0.39 is 6.10 Å². The minimum absolute atomic E-state index is 0.400. The summed E-state index contributed by atoms with van der Waals surface area (Å²) in [7, 11) is 0. The molecule has 0 saturated carbocycles. The van der Waals surface area contributed by atoms with Crippen molar-refractivity contribution >= 4 is 26.8 Å². The topological polar surface area (TPSA) is 42.4 Å². The van der Waals surface area contributed by atoms with E-state index in [1.54, 1.807) is 6.20 Å². The number of hydrogen-bond acceptors (Lipinski definition) is 3. The SMILES string of the molecule is OC(CCCC1CCCO1)c1ccc(Br)c2cccnc12. The number of aliphatic hydroxyl groups excluding tert-OH is 1. The van der Waals surface area contributed by atoms with Gasteiger partial charge in [-0.25, -0.2) is 0 Å². The summed E-state index contributed by atoms with van der Waals surface area (Å²) >= 11 is 3.54. The lowest BCUT2D eigenvalue weighted by Crippen LogP contribution is -2.06. The van der Waals surface area contributed by atoms with E-state index in [0.717, 1.165) is 46.8 Å². The van der Waals surface area contributed by atoms with Crippen molar-refractivity contribution in [3.05, 3.63) is 40.5 Å². The highest BCUT2D eigenvalue weighted by Gasteiger charge is 2.17. The van der Waals surface area contributed by atoms with Crippen molar-refractivity contribution in [2.75, 3.05) is 6.61 Å². The summed E-state index contributed by atoms with van der Waals surface area (Å²) in [5, 5.41) is 11.5. The summed E-state index contributed by atoms with van der Waals surface area (Å²) in [4.78, 5) is 4.43. The van der Waals surface area contributed by atoms with Gasteiger partial charge in [-0.1, -0.05) is 28.1 Å². The molecule has 1 aromatic carbocycles. The molecule has 4 heteroatoms. The van der Waals surface area contributed by atoms with E-state index in [9.17, 15) is 5.11 Å². The molecule has 21 heavy (non-hydrogen) atoms. The van der Waals surface area contributed by atoms with E-state index in [4.69, 9.17) is 4.74 Å². The van der Waals surface area contributed by atoms with Crippen LogP contribution in [0.5, 0.6) is 0 Å². The molecule has 2 heterocycles. The zero-order valence-electron chi connectivity index (χ0n) is 12.0. The van der Waals surface area contributed by atoms with Gasteiger partial charge in [0.05, 0.1) is 17.7 Å². The average Bonchev–Trinajstić information content (AvgIpc) is 3.01. The van der Waals surface area contributed by atoms with E-state index in [1.807, 2.05) is 24.3 Å². The molecular formula is C17H20BrNO2. The smallest absolute Gasteiger partial charge is 0.0811 e. The van der Waals surface area contributed by atoms with Crippen LogP contribution in [0.2, 0.25) is 0 Å². The van der Waals surface area contributed by atoms with Crippen molar-refractivity contribution in [1.82, 2.24) is 4.98 Å². The summed E-state index contributed by atoms with van der Waals surface area (Å²) in [5.74, 6) is 0. The van der Waals surface area contributed by atoms with Crippen molar-refractivity contribution in [1.29, 1.82) is 0 Å². The summed E-state index contributed by atoms with van der Waals surface area (Å²) in [5.41, 5.74) is 1.80. The van der Waals surface area contributed by atoms with Crippen LogP contribution >= 0.6 is 15.9 Å². The molecule has 0 radical (unpaired) electrons. The van der Waals surface area contributed by atoms with E-state index >= 15 is 0 Å². The highest BCUT2D eigenvalue weighted by Crippen LogP contribution is 2.31. The van der Waals surface area contributed by atoms with Crippen LogP contribution in [0, 0.1) is 0 Å². The third-order valence-electron chi connectivity index (χ3n) is 4.13. The van der Waals surface area contributed by atoms with Gasteiger partial charge >= 0.3 is 0 Å². The molecule has 2 aromatic rings. The molecule has 1 saturated heterocycles. The van der Waals surface area contributed by atoms with Gasteiger partial charge in [0, 0.05) is 28.2 Å². The quantitative estimate of drug-likeness (QED) is 0.870. The molecule has 1 aromatic heterocycles. The first-order valence-electron chi connectivity index (χ1n) is 7.58. The second kappa shape index (κ2) is 6.86. The van der Waals surface area contributed by atoms with E-state index in [2.05, 4.69) is 20.9 Å². The fraction of sp³-hybridized carbons (Fsp3) is 0.471. The summed E-state index contributed by atoms with van der Waals surface area (Å²) in [6, 6.07) is 7.90. The average molecular weight is 350 g/mol. The maximum absolute atomic E-state index is 10.5. The molecule has 1 N–H and O–H groups in total. The zero-order chi connectivity index (χ0) is 14.7. The molecular weight excluding hydrogens is 330 g/mol. The molecule has 0 bridgehead atoms. The largest absolute Gasteiger partial charge is 0.388 e. The first-order chi connectivity index (χ1) is 10.3. The highest BCUT2D eigenvalue weighted by atomic mass is 79.9. The van der Waals surface area contributed by atoms with E-state index in [1.165, 1.54) is 12.8 Å². The molecule has 0 spiro atoms. The van der Waals surface area contributed by atoms with Crippen LogP contribution in [0.3, 0.4) is 0 Å². The molecule has 2 unspecified atom stereocenters. The van der Waals surface area contributed by atoms with Crippen LogP contribution in [-0.4, -0.2) is 22.8 Å². The molecule has 2 atom stereocenters. The Morgan fingerprint density at radius 3 is 3.10 bits per heavy atom. The van der Waals surface area contributed by atoms with Crippen molar-refractivity contribution in [3.8, 4) is 0 Å². The van der Waals surface area contributed by atoms with Crippen molar-refractivity contribution in [2.45, 2.75) is 44.3 Å². The molecule has 3 rings (SSSR count). The second-order valence-corrected chi connectivity index (χ2v) is 6.47. The Morgan fingerprint density at radius 1 is 1.38 bits per heavy atom. The van der Waals surface area contributed by atoms with Gasteiger partial charge < -0.3 is 9.84 Å². The van der Waals surface area contributed by atoms with Gasteiger partial charge in [0.25, 0.3) is 0 Å². The van der Waals surface area contributed by atoms with Gasteiger partial charge in [-0.05, 0) is 44.2 Å². The first-order valence-corrected chi connectivity index (χ1v) is 8.38. The van der Waals surface area contributed by atoms with Gasteiger partial charge in [0.2, 0.25) is 0 Å². The van der Waals surface area contributed by atoms with Gasteiger partial charge in [0.1, 0.15) is 0 Å². The van der Waals surface area contributed by atoms with Crippen LogP contribution in [0.4, 0.5) is 0 Å². The minimum atomic E-state index is -0.461. The van der Waals surface area contributed by atoms with Crippen LogP contribution in [0.25, 0.3) is 10.9 Å². The van der Waals surface area contributed by atoms with Crippen LogP contribution in [0.1, 0.15) is 43.8 Å². The van der Waals surface area contributed by atoms with Gasteiger partial charge in [-0.15, -0.1) is 0 Å². The number of hydrogen-bond donors (Lipinski definition) is 1. The Morgan fingerprint density at radius 2 is 2.29 bits per heavy atom. The summed E-state index contributed by atoms with van der Waals surface area (Å²) < 4.78 is 6.64. The van der Waals surface area contributed by atoms with Gasteiger partial charge in [0.15, 0.2) is 0 Å². The Kier molecular flexibility index (Phi) is 4.88. The Labute approximate surface area is 133 Å². The lowest BCUT2D eigenvalue weighted by molar-refractivity contribution is 0.0946. The summed E-state index contributed by atoms with van der Waals surface area (Å²) in [6.45, 7) is 0.897. The fourth-order valence-electron chi connectivity index (χ4n) is 2.99. The molecule has 1 aliphatic heterocycles. The number of fused-ring (bicyclic) bond motifs is 1. The van der Waals surface area contributed by atoms with Crippen molar-refractivity contribution in [2.24, 2.45) is 0 Å². The lowest BCUT2D eigenvalue weighted by Gasteiger charge is -2.15. The number of nitrogens with zero attached hydrogens (tertiary/aromatic N) is 1. The third kappa shape index (κ3) is 3.44. The first kappa shape index (κ1) is 14.9. The number of aromatic nitrogens is 1. The Balaban J connectivity index is 1.69. The number of benzene rings is 1. The molecule has 0 amide bonds. The molecule has 112 valence electrons. The second-order valence-electron chi connectivity index (χ2n) is 5.62. The fourth-order valence-corrected chi connectivity index (χ4v) is 3.45. The predicted octanol–water partition coefficient (Wildman–Crippen LogP) is 4.38. The van der Waals surface area contributed by atoms with Crippen molar-refractivity contribution < 1.29 is 9.84 Å². The van der Waals surface area contributed by atoms with E-state index in [0.29, 0.717) is 6.10 Å². The lowest BCUT2D eigenvalue weighted by atomic mass is 9.99. The van der Waals surface area contributed by atoms with Crippen LogP contribution in [0.15, 0.2) is 34.9 Å².